The summed E-state index contributed by atoms with van der Waals surface area (Å²) in [4.78, 5) is 11.6. The molecule has 2 aromatic carbocycles. The van der Waals surface area contributed by atoms with Crippen LogP contribution in [-0.2, 0) is 11.3 Å². The van der Waals surface area contributed by atoms with Crippen LogP contribution in [0.4, 0.5) is 10.5 Å². The summed E-state index contributed by atoms with van der Waals surface area (Å²) in [5.41, 5.74) is 1.66. The lowest BCUT2D eigenvalue weighted by molar-refractivity contribution is 0.155. The van der Waals surface area contributed by atoms with E-state index in [1.54, 1.807) is 0 Å². The van der Waals surface area contributed by atoms with E-state index in [4.69, 9.17) is 4.74 Å². The van der Waals surface area contributed by atoms with Crippen molar-refractivity contribution in [2.45, 2.75) is 6.61 Å². The molecule has 0 fully saturated rings. The summed E-state index contributed by atoms with van der Waals surface area (Å²) in [6, 6.07) is 15.1. The molecule has 0 saturated heterocycles. The molecule has 0 atom stereocenters. The first-order chi connectivity index (χ1) is 9.15. The van der Waals surface area contributed by atoms with Crippen molar-refractivity contribution in [1.29, 1.82) is 0 Å². The van der Waals surface area contributed by atoms with Crippen LogP contribution in [0.2, 0.25) is 0 Å². The van der Waals surface area contributed by atoms with Gasteiger partial charge >= 0.3 is 6.09 Å². The fourth-order valence-corrected chi connectivity index (χ4v) is 2.17. The summed E-state index contributed by atoms with van der Waals surface area (Å²) < 4.78 is 7.16. The van der Waals surface area contributed by atoms with E-state index in [1.807, 2.05) is 48.5 Å². The van der Waals surface area contributed by atoms with E-state index in [-0.39, 0.29) is 6.61 Å². The molecule has 98 valence electrons. The van der Waals surface area contributed by atoms with E-state index in [2.05, 4.69) is 43.8 Å². The molecule has 1 N–H and O–H groups in total. The van der Waals surface area contributed by atoms with Crippen molar-refractivity contribution in [2.24, 2.45) is 0 Å². The molecular formula is C14H11BrINO2. The summed E-state index contributed by atoms with van der Waals surface area (Å²) in [5, 5.41) is 2.69. The fourth-order valence-electron chi connectivity index (χ4n) is 1.45. The number of rotatable bonds is 3. The third-order valence-corrected chi connectivity index (χ3v) is 4.72. The molecular weight excluding hydrogens is 421 g/mol. The highest BCUT2D eigenvalue weighted by molar-refractivity contribution is 14.1. The lowest BCUT2D eigenvalue weighted by atomic mass is 10.2. The minimum Gasteiger partial charge on any atom is -0.444 e. The largest absolute Gasteiger partial charge is 0.444 e. The number of nitrogens with one attached hydrogen (secondary N) is 1. The SMILES string of the molecule is O=C(Nc1ccc(I)c(Br)c1)OCc1ccccc1. The van der Waals surface area contributed by atoms with E-state index in [9.17, 15) is 4.79 Å². The van der Waals surface area contributed by atoms with Gasteiger partial charge in [0.1, 0.15) is 6.61 Å². The van der Waals surface area contributed by atoms with Gasteiger partial charge in [-0.15, -0.1) is 0 Å². The number of halogens is 2. The lowest BCUT2D eigenvalue weighted by Crippen LogP contribution is -2.13. The highest BCUT2D eigenvalue weighted by Gasteiger charge is 2.05. The number of carbonyl (C=O) groups excluding carboxylic acids is 1. The Labute approximate surface area is 133 Å². The average molecular weight is 432 g/mol. The Morgan fingerprint density at radius 2 is 1.95 bits per heavy atom. The van der Waals surface area contributed by atoms with Gasteiger partial charge in [0.05, 0.1) is 0 Å². The Balaban J connectivity index is 1.89. The predicted octanol–water partition coefficient (Wildman–Crippen LogP) is 4.80. The zero-order chi connectivity index (χ0) is 13.7. The lowest BCUT2D eigenvalue weighted by Gasteiger charge is -2.08. The van der Waals surface area contributed by atoms with Gasteiger partial charge in [-0.1, -0.05) is 30.3 Å². The quantitative estimate of drug-likeness (QED) is 0.708. The first kappa shape index (κ1) is 14.3. The zero-order valence-corrected chi connectivity index (χ0v) is 13.6. The monoisotopic (exact) mass is 431 g/mol. The minimum absolute atomic E-state index is 0.262. The number of anilines is 1. The first-order valence-corrected chi connectivity index (χ1v) is 7.45. The molecule has 0 bridgehead atoms. The van der Waals surface area contributed by atoms with Gasteiger partial charge < -0.3 is 4.74 Å². The van der Waals surface area contributed by atoms with Crippen molar-refractivity contribution >= 4 is 50.3 Å². The number of ether oxygens (including phenoxy) is 1. The number of hydrogen-bond donors (Lipinski definition) is 1. The molecule has 0 heterocycles. The molecule has 2 aromatic rings. The maximum atomic E-state index is 11.6. The van der Waals surface area contributed by atoms with Gasteiger partial charge in [-0.05, 0) is 62.3 Å². The van der Waals surface area contributed by atoms with Crippen LogP contribution < -0.4 is 5.32 Å². The molecule has 1 amide bonds. The van der Waals surface area contributed by atoms with Crippen molar-refractivity contribution in [3.05, 3.63) is 62.1 Å². The van der Waals surface area contributed by atoms with E-state index in [1.165, 1.54) is 0 Å². The van der Waals surface area contributed by atoms with E-state index in [0.29, 0.717) is 5.69 Å². The molecule has 5 heteroatoms. The van der Waals surface area contributed by atoms with Crippen molar-refractivity contribution in [3.63, 3.8) is 0 Å². The Kier molecular flexibility index (Phi) is 5.21. The van der Waals surface area contributed by atoms with Gasteiger partial charge in [0, 0.05) is 13.7 Å². The van der Waals surface area contributed by atoms with Crippen molar-refractivity contribution in [1.82, 2.24) is 0 Å². The molecule has 0 aliphatic rings. The fraction of sp³-hybridized carbons (Fsp3) is 0.0714. The summed E-state index contributed by atoms with van der Waals surface area (Å²) in [5.74, 6) is 0. The van der Waals surface area contributed by atoms with Crippen molar-refractivity contribution in [2.75, 3.05) is 5.32 Å². The molecule has 0 radical (unpaired) electrons. The Hall–Kier alpha value is -1.08. The maximum absolute atomic E-state index is 11.6. The van der Waals surface area contributed by atoms with E-state index in [0.717, 1.165) is 13.6 Å². The summed E-state index contributed by atoms with van der Waals surface area (Å²) in [6.07, 6.45) is -0.461. The van der Waals surface area contributed by atoms with Crippen LogP contribution in [-0.4, -0.2) is 6.09 Å². The smallest absolute Gasteiger partial charge is 0.411 e. The third-order valence-electron chi connectivity index (χ3n) is 2.38. The number of carbonyl (C=O) groups is 1. The standard InChI is InChI=1S/C14H11BrINO2/c15-12-8-11(6-7-13(12)16)17-14(18)19-9-10-4-2-1-3-5-10/h1-8H,9H2,(H,17,18). The maximum Gasteiger partial charge on any atom is 0.411 e. The number of benzene rings is 2. The van der Waals surface area contributed by atoms with Crippen LogP contribution in [0.25, 0.3) is 0 Å². The van der Waals surface area contributed by atoms with Gasteiger partial charge in [-0.25, -0.2) is 4.79 Å². The van der Waals surface area contributed by atoms with Crippen LogP contribution in [0.1, 0.15) is 5.56 Å². The molecule has 0 aliphatic heterocycles. The Bertz CT molecular complexity index is 575. The van der Waals surface area contributed by atoms with Gasteiger partial charge in [-0.3, -0.25) is 5.32 Å². The molecule has 0 spiro atoms. The van der Waals surface area contributed by atoms with Gasteiger partial charge in [-0.2, -0.15) is 0 Å². The van der Waals surface area contributed by atoms with Gasteiger partial charge in [0.15, 0.2) is 0 Å². The van der Waals surface area contributed by atoms with Crippen molar-refractivity contribution in [3.8, 4) is 0 Å². The average Bonchev–Trinajstić information content (AvgIpc) is 2.42. The second-order valence-corrected chi connectivity index (χ2v) is 5.83. The second kappa shape index (κ2) is 6.91. The second-order valence-electron chi connectivity index (χ2n) is 3.82. The summed E-state index contributed by atoms with van der Waals surface area (Å²) >= 11 is 5.62. The molecule has 0 saturated carbocycles. The van der Waals surface area contributed by atoms with Gasteiger partial charge in [0.2, 0.25) is 0 Å². The zero-order valence-electron chi connectivity index (χ0n) is 9.90. The topological polar surface area (TPSA) is 38.3 Å². The Morgan fingerprint density at radius 3 is 2.63 bits per heavy atom. The first-order valence-electron chi connectivity index (χ1n) is 5.58. The predicted molar refractivity (Wildman–Crippen MR) is 87.1 cm³/mol. The van der Waals surface area contributed by atoms with Crippen LogP contribution >= 0.6 is 38.5 Å². The highest BCUT2D eigenvalue weighted by Crippen LogP contribution is 2.22. The van der Waals surface area contributed by atoms with E-state index >= 15 is 0 Å². The number of amides is 1. The van der Waals surface area contributed by atoms with Crippen LogP contribution in [0.15, 0.2) is 53.0 Å². The molecule has 2 rings (SSSR count). The molecule has 0 aromatic heterocycles. The van der Waals surface area contributed by atoms with E-state index < -0.39 is 6.09 Å². The molecule has 3 nitrogen and oxygen atoms in total. The third kappa shape index (κ3) is 4.50. The molecule has 0 aliphatic carbocycles. The number of hydrogen-bond acceptors (Lipinski definition) is 2. The van der Waals surface area contributed by atoms with Crippen LogP contribution in [0, 0.1) is 3.57 Å². The van der Waals surface area contributed by atoms with Crippen LogP contribution in [0.3, 0.4) is 0 Å². The van der Waals surface area contributed by atoms with Crippen LogP contribution in [0.5, 0.6) is 0 Å². The molecule has 0 unspecified atom stereocenters. The molecule has 19 heavy (non-hydrogen) atoms. The summed E-state index contributed by atoms with van der Waals surface area (Å²) in [6.45, 7) is 0.262. The highest BCUT2D eigenvalue weighted by atomic mass is 127. The Morgan fingerprint density at radius 1 is 1.21 bits per heavy atom. The summed E-state index contributed by atoms with van der Waals surface area (Å²) in [7, 11) is 0. The van der Waals surface area contributed by atoms with Crippen molar-refractivity contribution < 1.29 is 9.53 Å². The van der Waals surface area contributed by atoms with Gasteiger partial charge in [0.25, 0.3) is 0 Å². The normalized spacial score (nSPS) is 10.0. The minimum atomic E-state index is -0.461.